The summed E-state index contributed by atoms with van der Waals surface area (Å²) in [6.07, 6.45) is 0. The van der Waals surface area contributed by atoms with E-state index in [-0.39, 0.29) is 12.5 Å². The molecule has 0 heterocycles. The molecule has 3 nitrogen and oxygen atoms in total. The summed E-state index contributed by atoms with van der Waals surface area (Å²) in [5.41, 5.74) is 1.06. The van der Waals surface area contributed by atoms with Gasteiger partial charge in [0.25, 0.3) is 5.91 Å². The first-order valence-electron chi connectivity index (χ1n) is 5.07. The summed E-state index contributed by atoms with van der Waals surface area (Å²) in [5, 5.41) is 12.6. The number of aliphatic hydroxyl groups is 1. The lowest BCUT2D eigenvalue weighted by Gasteiger charge is -2.23. The minimum Gasteiger partial charge on any atom is -0.394 e. The quantitative estimate of drug-likeness (QED) is 0.833. The molecule has 0 unspecified atom stereocenters. The van der Waals surface area contributed by atoms with Crippen LogP contribution in [-0.4, -0.2) is 23.2 Å². The second-order valence-electron chi connectivity index (χ2n) is 4.33. The van der Waals surface area contributed by atoms with E-state index in [9.17, 15) is 4.79 Å². The van der Waals surface area contributed by atoms with Crippen molar-refractivity contribution in [2.45, 2.75) is 24.7 Å². The minimum atomic E-state index is -0.596. The van der Waals surface area contributed by atoms with Crippen LogP contribution in [0.4, 0.5) is 0 Å². The molecular formula is C12H16BrNO2. The zero-order valence-electron chi connectivity index (χ0n) is 9.46. The number of carbonyl (C=O) groups is 1. The van der Waals surface area contributed by atoms with E-state index in [1.54, 1.807) is 19.9 Å². The fourth-order valence-electron chi connectivity index (χ4n) is 1.21. The number of carbonyl (C=O) groups excluding carboxylic acids is 1. The normalized spacial score (nSPS) is 11.2. The van der Waals surface area contributed by atoms with Crippen LogP contribution in [-0.2, 0) is 5.33 Å². The summed E-state index contributed by atoms with van der Waals surface area (Å²) in [6, 6.07) is 7.38. The zero-order valence-corrected chi connectivity index (χ0v) is 11.0. The van der Waals surface area contributed by atoms with Gasteiger partial charge in [-0.15, -0.1) is 0 Å². The summed E-state index contributed by atoms with van der Waals surface area (Å²) < 4.78 is 0. The van der Waals surface area contributed by atoms with Gasteiger partial charge in [-0.25, -0.2) is 0 Å². The third-order valence-corrected chi connectivity index (χ3v) is 2.84. The number of aliphatic hydroxyl groups excluding tert-OH is 1. The van der Waals surface area contributed by atoms with Gasteiger partial charge in [0.15, 0.2) is 0 Å². The van der Waals surface area contributed by atoms with Crippen molar-refractivity contribution in [3.05, 3.63) is 35.4 Å². The Bertz CT molecular complexity index is 377. The third-order valence-electron chi connectivity index (χ3n) is 2.19. The monoisotopic (exact) mass is 285 g/mol. The first-order chi connectivity index (χ1) is 7.48. The molecule has 0 saturated carbocycles. The number of hydrogen-bond acceptors (Lipinski definition) is 2. The van der Waals surface area contributed by atoms with Gasteiger partial charge in [0.05, 0.1) is 12.1 Å². The number of hydrogen-bond donors (Lipinski definition) is 2. The summed E-state index contributed by atoms with van der Waals surface area (Å²) in [4.78, 5) is 11.8. The van der Waals surface area contributed by atoms with Crippen molar-refractivity contribution in [2.75, 3.05) is 6.61 Å². The van der Waals surface area contributed by atoms with Crippen molar-refractivity contribution in [3.8, 4) is 0 Å². The topological polar surface area (TPSA) is 49.3 Å². The molecule has 1 rings (SSSR count). The minimum absolute atomic E-state index is 0.0864. The zero-order chi connectivity index (χ0) is 12.2. The molecule has 0 aliphatic heterocycles. The highest BCUT2D eigenvalue weighted by Crippen LogP contribution is 2.10. The molecule has 0 bridgehead atoms. The maximum absolute atomic E-state index is 11.8. The molecule has 1 aromatic carbocycles. The van der Waals surface area contributed by atoms with Crippen LogP contribution in [0.1, 0.15) is 29.8 Å². The number of nitrogens with one attached hydrogen (secondary N) is 1. The van der Waals surface area contributed by atoms with Gasteiger partial charge in [0, 0.05) is 10.9 Å². The highest BCUT2D eigenvalue weighted by Gasteiger charge is 2.19. The highest BCUT2D eigenvalue weighted by atomic mass is 79.9. The molecule has 0 aromatic heterocycles. The number of benzene rings is 1. The Balaban J connectivity index is 2.80. The van der Waals surface area contributed by atoms with Crippen molar-refractivity contribution in [3.63, 3.8) is 0 Å². The summed E-state index contributed by atoms with van der Waals surface area (Å²) in [6.45, 7) is 3.47. The molecule has 0 aliphatic rings. The van der Waals surface area contributed by atoms with Crippen molar-refractivity contribution in [1.29, 1.82) is 0 Å². The van der Waals surface area contributed by atoms with Gasteiger partial charge in [0.2, 0.25) is 0 Å². The Morgan fingerprint density at radius 3 is 2.75 bits per heavy atom. The summed E-state index contributed by atoms with van der Waals surface area (Å²) >= 11 is 3.34. The van der Waals surface area contributed by atoms with Gasteiger partial charge in [0.1, 0.15) is 0 Å². The fraction of sp³-hybridized carbons (Fsp3) is 0.417. The fourth-order valence-corrected chi connectivity index (χ4v) is 1.56. The lowest BCUT2D eigenvalue weighted by Crippen LogP contribution is -2.46. The summed E-state index contributed by atoms with van der Waals surface area (Å²) in [7, 11) is 0. The van der Waals surface area contributed by atoms with Gasteiger partial charge < -0.3 is 10.4 Å². The van der Waals surface area contributed by atoms with Crippen LogP contribution < -0.4 is 5.32 Å². The average molecular weight is 286 g/mol. The van der Waals surface area contributed by atoms with Gasteiger partial charge in [-0.3, -0.25) is 4.79 Å². The molecule has 0 saturated heterocycles. The van der Waals surface area contributed by atoms with Crippen molar-refractivity contribution in [2.24, 2.45) is 0 Å². The van der Waals surface area contributed by atoms with E-state index in [2.05, 4.69) is 21.2 Å². The van der Waals surface area contributed by atoms with Crippen molar-refractivity contribution < 1.29 is 9.90 Å². The van der Waals surface area contributed by atoms with Crippen LogP contribution in [0.2, 0.25) is 0 Å². The molecule has 16 heavy (non-hydrogen) atoms. The van der Waals surface area contributed by atoms with Crippen molar-refractivity contribution >= 4 is 21.8 Å². The maximum atomic E-state index is 11.8. The largest absolute Gasteiger partial charge is 0.394 e. The third kappa shape index (κ3) is 3.61. The Labute approximate surface area is 104 Å². The molecule has 0 fully saturated rings. The Kier molecular flexibility index (Phi) is 4.50. The molecule has 1 amide bonds. The Morgan fingerprint density at radius 1 is 1.50 bits per heavy atom. The molecular weight excluding hydrogens is 270 g/mol. The smallest absolute Gasteiger partial charge is 0.251 e. The number of rotatable bonds is 4. The van der Waals surface area contributed by atoms with Crippen molar-refractivity contribution in [1.82, 2.24) is 5.32 Å². The molecule has 0 aliphatic carbocycles. The molecule has 1 aromatic rings. The number of amides is 1. The molecule has 0 spiro atoms. The van der Waals surface area contributed by atoms with Crippen LogP contribution in [0.5, 0.6) is 0 Å². The predicted molar refractivity (Wildman–Crippen MR) is 67.7 cm³/mol. The van der Waals surface area contributed by atoms with Crippen LogP contribution in [0.15, 0.2) is 24.3 Å². The van der Waals surface area contributed by atoms with Crippen LogP contribution in [0.3, 0.4) is 0 Å². The maximum Gasteiger partial charge on any atom is 0.251 e. The summed E-state index contributed by atoms with van der Waals surface area (Å²) in [5.74, 6) is -0.165. The molecule has 0 atom stereocenters. The lowest BCUT2D eigenvalue weighted by molar-refractivity contribution is 0.0869. The van der Waals surface area contributed by atoms with Crippen LogP contribution in [0.25, 0.3) is 0 Å². The van der Waals surface area contributed by atoms with E-state index in [1.165, 1.54) is 0 Å². The second kappa shape index (κ2) is 5.46. The average Bonchev–Trinajstić information content (AvgIpc) is 2.28. The van der Waals surface area contributed by atoms with E-state index >= 15 is 0 Å². The Hall–Kier alpha value is -0.870. The standard InChI is InChI=1S/C12H16BrNO2/c1-12(2,8-15)14-11(16)10-5-3-4-9(6-10)7-13/h3-6,15H,7-8H2,1-2H3,(H,14,16). The van der Waals surface area contributed by atoms with E-state index in [0.717, 1.165) is 10.9 Å². The van der Waals surface area contributed by atoms with E-state index in [4.69, 9.17) is 5.11 Å². The van der Waals surface area contributed by atoms with Gasteiger partial charge in [-0.1, -0.05) is 28.1 Å². The highest BCUT2D eigenvalue weighted by molar-refractivity contribution is 9.08. The van der Waals surface area contributed by atoms with E-state index in [0.29, 0.717) is 5.56 Å². The molecule has 4 heteroatoms. The molecule has 88 valence electrons. The van der Waals surface area contributed by atoms with Gasteiger partial charge in [-0.2, -0.15) is 0 Å². The van der Waals surface area contributed by atoms with Crippen LogP contribution >= 0.6 is 15.9 Å². The Morgan fingerprint density at radius 2 is 2.19 bits per heavy atom. The lowest BCUT2D eigenvalue weighted by atomic mass is 10.1. The van der Waals surface area contributed by atoms with E-state index < -0.39 is 5.54 Å². The number of halogens is 1. The second-order valence-corrected chi connectivity index (χ2v) is 4.89. The van der Waals surface area contributed by atoms with Gasteiger partial charge in [-0.05, 0) is 31.5 Å². The first-order valence-corrected chi connectivity index (χ1v) is 6.19. The van der Waals surface area contributed by atoms with Crippen LogP contribution in [0, 0.1) is 0 Å². The van der Waals surface area contributed by atoms with E-state index in [1.807, 2.05) is 18.2 Å². The van der Waals surface area contributed by atoms with Gasteiger partial charge >= 0.3 is 0 Å². The molecule has 0 radical (unpaired) electrons. The number of alkyl halides is 1. The first kappa shape index (κ1) is 13.2. The predicted octanol–water partition coefficient (Wildman–Crippen LogP) is 2.08. The SMILES string of the molecule is CC(C)(CO)NC(=O)c1cccc(CBr)c1. The molecule has 2 N–H and O–H groups in total.